The van der Waals surface area contributed by atoms with E-state index in [2.05, 4.69) is 10.3 Å². The van der Waals surface area contributed by atoms with E-state index >= 15 is 0 Å². The Balaban J connectivity index is 2.13. The van der Waals surface area contributed by atoms with Gasteiger partial charge in [-0.25, -0.2) is 4.98 Å². The van der Waals surface area contributed by atoms with Crippen LogP contribution in [0.1, 0.15) is 47.4 Å². The molecule has 0 saturated carbocycles. The van der Waals surface area contributed by atoms with Crippen molar-refractivity contribution >= 4 is 23.2 Å². The molecule has 1 atom stereocenters. The van der Waals surface area contributed by atoms with Crippen LogP contribution in [-0.4, -0.2) is 23.0 Å². The Morgan fingerprint density at radius 2 is 2.00 bits per heavy atom. The monoisotopic (exact) mass is 347 g/mol. The lowest BCUT2D eigenvalue weighted by atomic mass is 10.0. The first-order chi connectivity index (χ1) is 11.5. The van der Waals surface area contributed by atoms with Crippen molar-refractivity contribution in [2.45, 2.75) is 39.0 Å². The van der Waals surface area contributed by atoms with E-state index in [0.717, 1.165) is 5.56 Å². The van der Waals surface area contributed by atoms with Crippen molar-refractivity contribution in [3.63, 3.8) is 0 Å². The Morgan fingerprint density at radius 3 is 2.58 bits per heavy atom. The molecule has 2 aromatic rings. The van der Waals surface area contributed by atoms with Gasteiger partial charge >= 0.3 is 5.97 Å². The van der Waals surface area contributed by atoms with Crippen LogP contribution in [0.2, 0.25) is 0 Å². The Bertz CT molecular complexity index is 685. The number of hydrogen-bond donors (Lipinski definition) is 2. The minimum atomic E-state index is -0.479. The number of nitrogens with two attached hydrogens (primary N) is 1. The van der Waals surface area contributed by atoms with E-state index in [1.165, 1.54) is 11.3 Å². The molecular formula is C17H21N3O3S. The number of benzene rings is 1. The number of rotatable bonds is 7. The Morgan fingerprint density at radius 1 is 1.29 bits per heavy atom. The topological polar surface area (TPSA) is 94.3 Å². The summed E-state index contributed by atoms with van der Waals surface area (Å²) in [6.45, 7) is 3.87. The molecular weight excluding hydrogens is 326 g/mol. The van der Waals surface area contributed by atoms with Crippen molar-refractivity contribution in [2.24, 2.45) is 5.73 Å². The number of carbonyl (C=O) groups is 2. The first kappa shape index (κ1) is 18.1. The molecule has 0 radical (unpaired) electrons. The Labute approximate surface area is 145 Å². The van der Waals surface area contributed by atoms with Crippen LogP contribution < -0.4 is 11.1 Å². The SMILES string of the molecule is CC(C)OC(=O)CC(NC(=O)c1csc(CN)n1)c1ccccc1. The first-order valence-electron chi connectivity index (χ1n) is 7.69. The molecule has 1 aromatic carbocycles. The highest BCUT2D eigenvalue weighted by Gasteiger charge is 2.21. The zero-order valence-electron chi connectivity index (χ0n) is 13.7. The van der Waals surface area contributed by atoms with Gasteiger partial charge in [0.25, 0.3) is 5.91 Å². The number of ether oxygens (including phenoxy) is 1. The molecule has 0 fully saturated rings. The second kappa shape index (κ2) is 8.56. The summed E-state index contributed by atoms with van der Waals surface area (Å²) in [6.07, 6.45) is -0.141. The lowest BCUT2D eigenvalue weighted by Crippen LogP contribution is -2.31. The van der Waals surface area contributed by atoms with Gasteiger partial charge in [-0.15, -0.1) is 11.3 Å². The van der Waals surface area contributed by atoms with Gasteiger partial charge < -0.3 is 15.8 Å². The van der Waals surface area contributed by atoms with E-state index in [0.29, 0.717) is 17.2 Å². The molecule has 3 N–H and O–H groups in total. The number of nitrogens with zero attached hydrogens (tertiary/aromatic N) is 1. The minimum Gasteiger partial charge on any atom is -0.463 e. The highest BCUT2D eigenvalue weighted by atomic mass is 32.1. The number of hydrogen-bond acceptors (Lipinski definition) is 6. The van der Waals surface area contributed by atoms with Gasteiger partial charge in [0.15, 0.2) is 0 Å². The maximum absolute atomic E-state index is 12.4. The van der Waals surface area contributed by atoms with Gasteiger partial charge in [-0.05, 0) is 19.4 Å². The summed E-state index contributed by atoms with van der Waals surface area (Å²) < 4.78 is 5.19. The Hall–Kier alpha value is -2.25. The molecule has 128 valence electrons. The van der Waals surface area contributed by atoms with Crippen LogP contribution in [0.25, 0.3) is 0 Å². The molecule has 0 bridgehead atoms. The second-order valence-corrected chi connectivity index (χ2v) is 6.45. The van der Waals surface area contributed by atoms with Gasteiger partial charge in [-0.2, -0.15) is 0 Å². The smallest absolute Gasteiger partial charge is 0.308 e. The maximum Gasteiger partial charge on any atom is 0.308 e. The van der Waals surface area contributed by atoms with Crippen molar-refractivity contribution in [3.8, 4) is 0 Å². The third-order valence-corrected chi connectivity index (χ3v) is 4.08. The summed E-state index contributed by atoms with van der Waals surface area (Å²) in [7, 11) is 0. The fourth-order valence-corrected chi connectivity index (χ4v) is 2.81. The molecule has 0 spiro atoms. The van der Waals surface area contributed by atoms with Crippen molar-refractivity contribution in [2.75, 3.05) is 0 Å². The number of thiazole rings is 1. The molecule has 6 nitrogen and oxygen atoms in total. The summed E-state index contributed by atoms with van der Waals surface area (Å²) in [4.78, 5) is 28.6. The van der Waals surface area contributed by atoms with Crippen molar-refractivity contribution in [3.05, 3.63) is 52.0 Å². The van der Waals surface area contributed by atoms with Gasteiger partial charge in [0.1, 0.15) is 10.7 Å². The molecule has 2 rings (SSSR count). The number of esters is 1. The van der Waals surface area contributed by atoms with Crippen LogP contribution in [0, 0.1) is 0 Å². The molecule has 0 saturated heterocycles. The molecule has 1 heterocycles. The first-order valence-corrected chi connectivity index (χ1v) is 8.57. The van der Waals surface area contributed by atoms with Gasteiger partial charge in [0, 0.05) is 11.9 Å². The van der Waals surface area contributed by atoms with Crippen LogP contribution in [0.4, 0.5) is 0 Å². The standard InChI is InChI=1S/C17H21N3O3S/c1-11(2)23-16(21)8-13(12-6-4-3-5-7-12)20-17(22)14-10-24-15(9-18)19-14/h3-7,10-11,13H,8-9,18H2,1-2H3,(H,20,22). The molecule has 1 aromatic heterocycles. The predicted octanol–water partition coefficient (Wildman–Crippen LogP) is 2.41. The lowest BCUT2D eigenvalue weighted by molar-refractivity contribution is -0.147. The molecule has 24 heavy (non-hydrogen) atoms. The van der Waals surface area contributed by atoms with E-state index in [1.807, 2.05) is 30.3 Å². The normalized spacial score (nSPS) is 12.0. The largest absolute Gasteiger partial charge is 0.463 e. The zero-order chi connectivity index (χ0) is 17.5. The summed E-state index contributed by atoms with van der Waals surface area (Å²) in [5.41, 5.74) is 6.66. The van der Waals surface area contributed by atoms with Crippen molar-refractivity contribution < 1.29 is 14.3 Å². The molecule has 7 heteroatoms. The van der Waals surface area contributed by atoms with Crippen LogP contribution in [0.15, 0.2) is 35.7 Å². The number of carbonyl (C=O) groups excluding carboxylic acids is 2. The zero-order valence-corrected chi connectivity index (χ0v) is 14.5. The molecule has 1 unspecified atom stereocenters. The van der Waals surface area contributed by atoms with Crippen molar-refractivity contribution in [1.82, 2.24) is 10.3 Å². The second-order valence-electron chi connectivity index (χ2n) is 5.51. The third-order valence-electron chi connectivity index (χ3n) is 3.20. The van der Waals surface area contributed by atoms with E-state index in [9.17, 15) is 9.59 Å². The van der Waals surface area contributed by atoms with Gasteiger partial charge in [-0.3, -0.25) is 9.59 Å². The lowest BCUT2D eigenvalue weighted by Gasteiger charge is -2.19. The quantitative estimate of drug-likeness (QED) is 0.750. The van der Waals surface area contributed by atoms with Crippen LogP contribution in [0.3, 0.4) is 0 Å². The Kier molecular flexibility index (Phi) is 6.45. The fraction of sp³-hybridized carbons (Fsp3) is 0.353. The molecule has 1 amide bonds. The highest BCUT2D eigenvalue weighted by molar-refractivity contribution is 7.09. The van der Waals surface area contributed by atoms with Crippen LogP contribution >= 0.6 is 11.3 Å². The van der Waals surface area contributed by atoms with Gasteiger partial charge in [0.2, 0.25) is 0 Å². The molecule has 0 aliphatic carbocycles. The maximum atomic E-state index is 12.4. The van der Waals surface area contributed by atoms with Crippen molar-refractivity contribution in [1.29, 1.82) is 0 Å². The van der Waals surface area contributed by atoms with E-state index in [1.54, 1.807) is 19.2 Å². The molecule has 0 aliphatic heterocycles. The van der Waals surface area contributed by atoms with Gasteiger partial charge in [0.05, 0.1) is 18.6 Å². The van der Waals surface area contributed by atoms with Crippen LogP contribution in [-0.2, 0) is 16.1 Å². The minimum absolute atomic E-state index is 0.0574. The highest BCUT2D eigenvalue weighted by Crippen LogP contribution is 2.19. The van der Waals surface area contributed by atoms with Gasteiger partial charge in [-0.1, -0.05) is 30.3 Å². The summed E-state index contributed by atoms with van der Waals surface area (Å²) in [5.74, 6) is -0.697. The average Bonchev–Trinajstić information content (AvgIpc) is 3.03. The van der Waals surface area contributed by atoms with E-state index < -0.39 is 6.04 Å². The van der Waals surface area contributed by atoms with E-state index in [-0.39, 0.29) is 24.4 Å². The van der Waals surface area contributed by atoms with Crippen LogP contribution in [0.5, 0.6) is 0 Å². The third kappa shape index (κ3) is 5.14. The number of amides is 1. The predicted molar refractivity (Wildman–Crippen MR) is 92.5 cm³/mol. The number of nitrogens with one attached hydrogen (secondary N) is 1. The fourth-order valence-electron chi connectivity index (χ4n) is 2.16. The molecule has 0 aliphatic rings. The average molecular weight is 347 g/mol. The summed E-state index contributed by atoms with van der Waals surface area (Å²) in [6, 6.07) is 8.84. The summed E-state index contributed by atoms with van der Waals surface area (Å²) in [5, 5.41) is 5.20. The van der Waals surface area contributed by atoms with E-state index in [4.69, 9.17) is 10.5 Å². The number of aromatic nitrogens is 1. The summed E-state index contributed by atoms with van der Waals surface area (Å²) >= 11 is 1.33.